The molecule has 4 saturated heterocycles. The van der Waals surface area contributed by atoms with Gasteiger partial charge in [-0.2, -0.15) is 0 Å². The standard InChI is InChI=1S/C27H28FN5O2.C27H28FN5O.C25H26FN5O/c1-16(26-30-24-4-2-18(12-25(24)31-26)27(35)33-14-20(34)15-33)32-10-7-17(8-11-32)21-6-9-29-23-5-3-19(28)13-22(21)23;1-16(26-31-24-6-2-18(14-25(24)32-26)27(34)30-20-4-5-20)33-12-9-17(10-13-33)21-8-11-29-23-7-3-19(28)15-22(21)23;1-15(24-29-22-5-3-17(25(32)27-2)13-23(22)30-24)31-11-8-16(9-12-31)19-7-10-28-21-6-4-18(26)14-20(19)21/h2-6,9,12-13,16-17,20,34H,7-8,10-11,14-15H2,1H3,(H,30,31);2-3,6-8,11,14-17,20H,4-5,9-10,12-13H2,1H3,(H,30,34)(H,31,32);3-7,10,13-16H,8-9,11-12H2,1-2H3,(H,27,32)(H,29,30)/t2*16-;15-/m111/s1. The summed E-state index contributed by atoms with van der Waals surface area (Å²) in [5, 5.41) is 17.9. The molecular weight excluding hydrogens is 1280 g/mol. The minimum atomic E-state index is -0.412. The van der Waals surface area contributed by atoms with E-state index in [4.69, 9.17) is 15.0 Å². The van der Waals surface area contributed by atoms with Crippen LogP contribution in [0.2, 0.25) is 0 Å². The average molecular weight is 1360 g/mol. The maximum absolute atomic E-state index is 13.9. The SMILES string of the molecule is CNC(=O)c1ccc2nc([C@@H](C)N3CCC(c4ccnc5ccc(F)cc45)CC3)[nH]c2c1.C[C@H](c1nc2ccc(C(=O)N3CC(O)C3)cc2[nH]1)N1CCC(c2ccnc3ccc(F)cc23)CC1.C[C@H](c1nc2ccc(C(=O)NC3CC3)cc2[nH]1)N1CCC(c2ccnc3ccc(F)cc23)CC1. The number of aromatic nitrogens is 9. The molecule has 22 heteroatoms. The third-order valence-electron chi connectivity index (χ3n) is 21.5. The van der Waals surface area contributed by atoms with Gasteiger partial charge in [0.1, 0.15) is 34.9 Å². The summed E-state index contributed by atoms with van der Waals surface area (Å²) in [6.07, 6.45) is 13.2. The molecule has 17 rings (SSSR count). The van der Waals surface area contributed by atoms with Gasteiger partial charge in [-0.05, 0) is 273 Å². The van der Waals surface area contributed by atoms with E-state index >= 15 is 0 Å². The van der Waals surface area contributed by atoms with Crippen molar-refractivity contribution in [1.29, 1.82) is 0 Å². The molecule has 6 aromatic heterocycles. The van der Waals surface area contributed by atoms with Gasteiger partial charge < -0.3 is 35.6 Å². The topological polar surface area (TPSA) is 233 Å². The molecule has 0 bridgehead atoms. The molecule has 6 N–H and O–H groups in total. The molecule has 5 fully saturated rings. The Morgan fingerprint density at radius 2 is 0.782 bits per heavy atom. The van der Waals surface area contributed by atoms with Crippen molar-refractivity contribution < 1.29 is 32.7 Å². The van der Waals surface area contributed by atoms with Crippen molar-refractivity contribution in [3.8, 4) is 0 Å². The number of carbonyl (C=O) groups excluding carboxylic acids is 3. The Labute approximate surface area is 582 Å². The highest BCUT2D eigenvalue weighted by Crippen LogP contribution is 2.40. The molecule has 0 radical (unpaired) electrons. The third kappa shape index (κ3) is 14.3. The van der Waals surface area contributed by atoms with Gasteiger partial charge in [0.15, 0.2) is 0 Å². The normalized spacial score (nSPS) is 17.9. The van der Waals surface area contributed by atoms with E-state index in [-0.39, 0.29) is 53.3 Å². The molecule has 12 aromatic rings. The lowest BCUT2D eigenvalue weighted by molar-refractivity contribution is 0.00590. The lowest BCUT2D eigenvalue weighted by Crippen LogP contribution is -2.53. The summed E-state index contributed by atoms with van der Waals surface area (Å²) in [7, 11) is 1.63. The van der Waals surface area contributed by atoms with E-state index in [1.807, 2.05) is 79.3 Å². The number of hydrogen-bond donors (Lipinski definition) is 6. The number of likely N-dealkylation sites (tertiary alicyclic amines) is 4. The van der Waals surface area contributed by atoms with Crippen LogP contribution in [-0.2, 0) is 0 Å². The number of fused-ring (bicyclic) bond motifs is 6. The Kier molecular flexibility index (Phi) is 18.9. The first-order valence-electron chi connectivity index (χ1n) is 35.4. The number of aliphatic hydroxyl groups is 1. The second kappa shape index (κ2) is 28.6. The molecule has 5 aliphatic rings. The molecule has 0 unspecified atom stereocenters. The maximum atomic E-state index is 13.9. The second-order valence-electron chi connectivity index (χ2n) is 27.9. The van der Waals surface area contributed by atoms with Crippen LogP contribution < -0.4 is 10.6 Å². The predicted octanol–water partition coefficient (Wildman–Crippen LogP) is 13.6. The van der Waals surface area contributed by atoms with E-state index in [2.05, 4.69) is 76.0 Å². The minimum Gasteiger partial charge on any atom is -0.389 e. The van der Waals surface area contributed by atoms with Crippen molar-refractivity contribution in [1.82, 2.24) is 75.1 Å². The summed E-state index contributed by atoms with van der Waals surface area (Å²) >= 11 is 0. The molecule has 19 nitrogen and oxygen atoms in total. The van der Waals surface area contributed by atoms with Gasteiger partial charge in [-0.3, -0.25) is 44.0 Å². The highest BCUT2D eigenvalue weighted by Gasteiger charge is 2.33. The Bertz CT molecular complexity index is 5060. The number of hydrogen-bond acceptors (Lipinski definition) is 13. The summed E-state index contributed by atoms with van der Waals surface area (Å²) in [5.41, 5.74) is 13.2. The number of pyridine rings is 3. The van der Waals surface area contributed by atoms with Crippen molar-refractivity contribution in [2.75, 3.05) is 59.4 Å². The summed E-state index contributed by atoms with van der Waals surface area (Å²) in [6.45, 7) is 12.9. The number of aliphatic hydroxyl groups excluding tert-OH is 1. The maximum Gasteiger partial charge on any atom is 0.254 e. The van der Waals surface area contributed by atoms with Gasteiger partial charge in [0.05, 0.1) is 73.9 Å². The first kappa shape index (κ1) is 66.9. The molecule has 4 aliphatic heterocycles. The van der Waals surface area contributed by atoms with Crippen molar-refractivity contribution in [3.05, 3.63) is 214 Å². The molecular formula is C79H82F3N15O4. The number of aromatic amines is 3. The first-order chi connectivity index (χ1) is 49.0. The lowest BCUT2D eigenvalue weighted by Gasteiger charge is -2.35. The number of nitrogens with one attached hydrogen (secondary N) is 5. The highest BCUT2D eigenvalue weighted by atomic mass is 19.1. The van der Waals surface area contributed by atoms with Crippen LogP contribution in [0.1, 0.15) is 173 Å². The number of halogens is 3. The molecule has 3 amide bonds. The number of H-pyrrole nitrogens is 3. The molecule has 1 saturated carbocycles. The zero-order chi connectivity index (χ0) is 69.6. The number of imidazole rings is 3. The van der Waals surface area contributed by atoms with Gasteiger partial charge in [-0.25, -0.2) is 28.1 Å². The predicted molar refractivity (Wildman–Crippen MR) is 385 cm³/mol. The minimum absolute atomic E-state index is 0.0146. The zero-order valence-electron chi connectivity index (χ0n) is 57.1. The van der Waals surface area contributed by atoms with E-state index in [9.17, 15) is 32.7 Å². The van der Waals surface area contributed by atoms with Crippen LogP contribution >= 0.6 is 0 Å². The Morgan fingerprint density at radius 1 is 0.446 bits per heavy atom. The van der Waals surface area contributed by atoms with Crippen LogP contribution in [0.3, 0.4) is 0 Å². The van der Waals surface area contributed by atoms with E-state index in [1.165, 1.54) is 34.9 Å². The van der Waals surface area contributed by atoms with E-state index < -0.39 is 6.10 Å². The zero-order valence-corrected chi connectivity index (χ0v) is 57.1. The van der Waals surface area contributed by atoms with Gasteiger partial charge in [0.25, 0.3) is 17.7 Å². The number of carbonyl (C=O) groups is 3. The number of piperidine rings is 3. The number of amides is 3. The number of rotatable bonds is 13. The van der Waals surface area contributed by atoms with Gasteiger partial charge in [-0.1, -0.05) is 0 Å². The Balaban J connectivity index is 0.000000123. The molecule has 3 atom stereocenters. The summed E-state index contributed by atoms with van der Waals surface area (Å²) in [4.78, 5) is 83.7. The van der Waals surface area contributed by atoms with Crippen LogP contribution in [-0.4, -0.2) is 159 Å². The first-order valence-corrected chi connectivity index (χ1v) is 35.4. The summed E-state index contributed by atoms with van der Waals surface area (Å²) < 4.78 is 41.6. The number of benzene rings is 6. The largest absolute Gasteiger partial charge is 0.389 e. The molecule has 0 spiro atoms. The fourth-order valence-electron chi connectivity index (χ4n) is 15.3. The molecule has 518 valence electrons. The van der Waals surface area contributed by atoms with E-state index in [0.717, 1.165) is 174 Å². The van der Waals surface area contributed by atoms with E-state index in [0.29, 0.717) is 53.6 Å². The van der Waals surface area contributed by atoms with Crippen molar-refractivity contribution in [2.45, 2.75) is 120 Å². The average Bonchev–Trinajstić information content (AvgIpc) is 1.34. The van der Waals surface area contributed by atoms with Crippen molar-refractivity contribution >= 4 is 83.5 Å². The van der Waals surface area contributed by atoms with Crippen LogP contribution in [0.5, 0.6) is 0 Å². The number of β-amino-alcohol motifs (C(OH)–C–C–N with tert-alkyl or cyclic N) is 1. The highest BCUT2D eigenvalue weighted by molar-refractivity contribution is 5.99. The quantitative estimate of drug-likeness (QED) is 0.0631. The molecule has 10 heterocycles. The molecule has 6 aromatic carbocycles. The molecule has 101 heavy (non-hydrogen) atoms. The van der Waals surface area contributed by atoms with Gasteiger partial charge in [0.2, 0.25) is 0 Å². The lowest BCUT2D eigenvalue weighted by atomic mass is 9.87. The van der Waals surface area contributed by atoms with Gasteiger partial charge in [0, 0.05) is 77.6 Å². The number of nitrogens with zero attached hydrogens (tertiary/aromatic N) is 10. The smallest absolute Gasteiger partial charge is 0.254 e. The molecule has 1 aliphatic carbocycles. The van der Waals surface area contributed by atoms with E-state index in [1.54, 1.807) is 60.5 Å². The fourth-order valence-corrected chi connectivity index (χ4v) is 15.3. The van der Waals surface area contributed by atoms with Gasteiger partial charge in [-0.15, -0.1) is 0 Å². The summed E-state index contributed by atoms with van der Waals surface area (Å²) in [5.74, 6) is 3.01. The van der Waals surface area contributed by atoms with Gasteiger partial charge >= 0.3 is 0 Å². The summed E-state index contributed by atoms with van der Waals surface area (Å²) in [6, 6.07) is 38.0. The van der Waals surface area contributed by atoms with Crippen molar-refractivity contribution in [3.63, 3.8) is 0 Å². The van der Waals surface area contributed by atoms with Crippen molar-refractivity contribution in [2.24, 2.45) is 0 Å². The Hall–Kier alpha value is -10.0. The Morgan fingerprint density at radius 3 is 1.13 bits per heavy atom. The van der Waals surface area contributed by atoms with Crippen LogP contribution in [0, 0.1) is 17.5 Å². The van der Waals surface area contributed by atoms with Crippen LogP contribution in [0.4, 0.5) is 13.2 Å². The third-order valence-corrected chi connectivity index (χ3v) is 21.5. The van der Waals surface area contributed by atoms with Crippen LogP contribution in [0.25, 0.3) is 65.8 Å². The van der Waals surface area contributed by atoms with Crippen LogP contribution in [0.15, 0.2) is 146 Å². The fraction of sp³-hybridized carbons (Fsp3) is 0.354. The second-order valence-corrected chi connectivity index (χ2v) is 27.9. The monoisotopic (exact) mass is 1360 g/mol.